The molecule has 18 heavy (non-hydrogen) atoms. The average molecular weight is 247 g/mol. The molecule has 98 valence electrons. The van der Waals surface area contributed by atoms with Crippen LogP contribution in [0.2, 0.25) is 0 Å². The molecule has 1 amide bonds. The molecule has 0 spiro atoms. The number of hydroxylamine groups is 2. The van der Waals surface area contributed by atoms with Crippen molar-refractivity contribution in [3.63, 3.8) is 0 Å². The Hall–Kier alpha value is -1.35. The van der Waals surface area contributed by atoms with Gasteiger partial charge in [0.2, 0.25) is 0 Å². The fraction of sp³-hybridized carbons (Fsp3) is 0.533. The maximum Gasteiger partial charge on any atom is 0.254 e. The zero-order valence-electron chi connectivity index (χ0n) is 11.3. The molecular formula is C15H21NO2. The summed E-state index contributed by atoms with van der Waals surface area (Å²) in [7, 11) is 0. The van der Waals surface area contributed by atoms with Gasteiger partial charge in [-0.15, -0.1) is 0 Å². The summed E-state index contributed by atoms with van der Waals surface area (Å²) in [4.78, 5) is 17.8. The van der Waals surface area contributed by atoms with Crippen LogP contribution < -0.4 is 0 Å². The van der Waals surface area contributed by atoms with Crippen molar-refractivity contribution >= 4 is 5.91 Å². The number of rotatable bonds is 5. The first-order valence-corrected chi connectivity index (χ1v) is 6.64. The molecule has 1 aromatic rings. The number of amides is 1. The summed E-state index contributed by atoms with van der Waals surface area (Å²) in [5.41, 5.74) is 0.857. The minimum absolute atomic E-state index is 0.118. The minimum atomic E-state index is -0.231. The van der Waals surface area contributed by atoms with Crippen LogP contribution in [0.15, 0.2) is 30.3 Å². The predicted molar refractivity (Wildman–Crippen MR) is 70.6 cm³/mol. The van der Waals surface area contributed by atoms with Crippen LogP contribution in [0.3, 0.4) is 0 Å². The van der Waals surface area contributed by atoms with E-state index in [2.05, 4.69) is 13.8 Å². The molecule has 3 heteroatoms. The van der Waals surface area contributed by atoms with E-state index in [0.29, 0.717) is 6.61 Å². The van der Waals surface area contributed by atoms with Crippen molar-refractivity contribution in [3.05, 3.63) is 35.9 Å². The van der Waals surface area contributed by atoms with E-state index in [-0.39, 0.29) is 17.4 Å². The molecule has 0 N–H and O–H groups in total. The predicted octanol–water partition coefficient (Wildman–Crippen LogP) is 3.16. The maximum atomic E-state index is 12.1. The number of β-lactam (4-membered cyclic amide) rings is 1. The largest absolute Gasteiger partial charge is 0.272 e. The first-order chi connectivity index (χ1) is 8.63. The molecule has 1 heterocycles. The van der Waals surface area contributed by atoms with Gasteiger partial charge in [0.15, 0.2) is 0 Å². The molecule has 1 aliphatic heterocycles. The van der Waals surface area contributed by atoms with Crippen molar-refractivity contribution in [2.75, 3.05) is 0 Å². The molecule has 2 atom stereocenters. The monoisotopic (exact) mass is 247 g/mol. The van der Waals surface area contributed by atoms with Crippen LogP contribution in [-0.2, 0) is 16.2 Å². The number of hydrogen-bond donors (Lipinski definition) is 0. The van der Waals surface area contributed by atoms with Gasteiger partial charge in [-0.2, -0.15) is 0 Å². The summed E-state index contributed by atoms with van der Waals surface area (Å²) in [6.07, 6.45) is 1.81. The van der Waals surface area contributed by atoms with Crippen molar-refractivity contribution in [3.8, 4) is 0 Å². The van der Waals surface area contributed by atoms with Gasteiger partial charge in [-0.3, -0.25) is 9.63 Å². The quantitative estimate of drug-likeness (QED) is 0.748. The van der Waals surface area contributed by atoms with E-state index < -0.39 is 0 Å². The number of nitrogens with zero attached hydrogens (tertiary/aromatic N) is 1. The van der Waals surface area contributed by atoms with Crippen LogP contribution in [0.1, 0.15) is 39.2 Å². The van der Waals surface area contributed by atoms with Crippen LogP contribution >= 0.6 is 0 Å². The highest BCUT2D eigenvalue weighted by Gasteiger charge is 2.56. The normalized spacial score (nSPS) is 27.2. The summed E-state index contributed by atoms with van der Waals surface area (Å²) in [5.74, 6) is 0.118. The zero-order valence-corrected chi connectivity index (χ0v) is 11.3. The zero-order chi connectivity index (χ0) is 13.2. The highest BCUT2D eigenvalue weighted by atomic mass is 16.7. The molecule has 3 nitrogen and oxygen atoms in total. The van der Waals surface area contributed by atoms with Gasteiger partial charge in [0.25, 0.3) is 5.91 Å². The molecule has 2 rings (SSSR count). The number of benzene rings is 1. The second-order valence-corrected chi connectivity index (χ2v) is 5.09. The van der Waals surface area contributed by atoms with Gasteiger partial charge >= 0.3 is 0 Å². The maximum absolute atomic E-state index is 12.1. The van der Waals surface area contributed by atoms with Gasteiger partial charge in [-0.05, 0) is 25.3 Å². The lowest BCUT2D eigenvalue weighted by atomic mass is 9.70. The molecule has 0 bridgehead atoms. The Kier molecular flexibility index (Phi) is 3.71. The molecule has 1 aliphatic rings. The third kappa shape index (κ3) is 2.03. The summed E-state index contributed by atoms with van der Waals surface area (Å²) >= 11 is 0. The standard InChI is InChI=1S/C15H21NO2/c1-4-13-15(3,5-2)14(17)16(13)18-11-12-9-7-6-8-10-12/h6-10,13H,4-5,11H2,1-3H3. The van der Waals surface area contributed by atoms with Crippen molar-refractivity contribution < 1.29 is 9.63 Å². The second kappa shape index (κ2) is 5.11. The van der Waals surface area contributed by atoms with Gasteiger partial charge in [0, 0.05) is 0 Å². The Morgan fingerprint density at radius 3 is 2.50 bits per heavy atom. The van der Waals surface area contributed by atoms with Gasteiger partial charge in [0.05, 0.1) is 11.5 Å². The molecule has 1 saturated heterocycles. The smallest absolute Gasteiger partial charge is 0.254 e. The van der Waals surface area contributed by atoms with Gasteiger partial charge in [-0.1, -0.05) is 44.2 Å². The number of carbonyl (C=O) groups is 1. The molecule has 0 aromatic heterocycles. The van der Waals surface area contributed by atoms with Crippen LogP contribution in [0.25, 0.3) is 0 Å². The third-order valence-electron chi connectivity index (χ3n) is 4.04. The van der Waals surface area contributed by atoms with E-state index in [4.69, 9.17) is 4.84 Å². The van der Waals surface area contributed by atoms with E-state index in [1.54, 1.807) is 5.06 Å². The molecule has 0 aliphatic carbocycles. The lowest BCUT2D eigenvalue weighted by Crippen LogP contribution is -2.66. The Labute approximate surface area is 109 Å². The topological polar surface area (TPSA) is 29.5 Å². The van der Waals surface area contributed by atoms with Crippen LogP contribution in [-0.4, -0.2) is 17.0 Å². The highest BCUT2D eigenvalue weighted by molar-refractivity contribution is 5.88. The Balaban J connectivity index is 1.97. The lowest BCUT2D eigenvalue weighted by Gasteiger charge is -2.52. The van der Waals surface area contributed by atoms with Crippen LogP contribution in [0.4, 0.5) is 0 Å². The molecule has 2 unspecified atom stereocenters. The van der Waals surface area contributed by atoms with E-state index in [1.807, 2.05) is 37.3 Å². The lowest BCUT2D eigenvalue weighted by molar-refractivity contribution is -0.267. The van der Waals surface area contributed by atoms with Gasteiger partial charge < -0.3 is 0 Å². The summed E-state index contributed by atoms with van der Waals surface area (Å²) < 4.78 is 0. The summed E-state index contributed by atoms with van der Waals surface area (Å²) in [6.45, 7) is 6.66. The van der Waals surface area contributed by atoms with E-state index in [1.165, 1.54) is 0 Å². The Bertz CT molecular complexity index is 418. The fourth-order valence-corrected chi connectivity index (χ4v) is 2.60. The number of carbonyl (C=O) groups excluding carboxylic acids is 1. The van der Waals surface area contributed by atoms with Crippen LogP contribution in [0, 0.1) is 5.41 Å². The summed E-state index contributed by atoms with van der Waals surface area (Å²) in [5, 5.41) is 1.57. The molecular weight excluding hydrogens is 226 g/mol. The van der Waals surface area contributed by atoms with Crippen molar-refractivity contribution in [1.82, 2.24) is 5.06 Å². The van der Waals surface area contributed by atoms with E-state index in [9.17, 15) is 4.79 Å². The van der Waals surface area contributed by atoms with Gasteiger partial charge in [0.1, 0.15) is 6.61 Å². The number of hydrogen-bond acceptors (Lipinski definition) is 2. The van der Waals surface area contributed by atoms with Gasteiger partial charge in [-0.25, -0.2) is 5.06 Å². The highest BCUT2D eigenvalue weighted by Crippen LogP contribution is 2.43. The first kappa shape index (κ1) is 13.1. The van der Waals surface area contributed by atoms with E-state index >= 15 is 0 Å². The van der Waals surface area contributed by atoms with Crippen molar-refractivity contribution in [2.24, 2.45) is 5.41 Å². The van der Waals surface area contributed by atoms with Crippen molar-refractivity contribution in [1.29, 1.82) is 0 Å². The molecule has 0 radical (unpaired) electrons. The summed E-state index contributed by atoms with van der Waals surface area (Å²) in [6, 6.07) is 10.1. The average Bonchev–Trinajstić information content (AvgIpc) is 2.42. The fourth-order valence-electron chi connectivity index (χ4n) is 2.60. The first-order valence-electron chi connectivity index (χ1n) is 6.64. The Morgan fingerprint density at radius 2 is 1.94 bits per heavy atom. The van der Waals surface area contributed by atoms with Crippen LogP contribution in [0.5, 0.6) is 0 Å². The minimum Gasteiger partial charge on any atom is -0.272 e. The molecule has 1 aromatic carbocycles. The molecule has 0 saturated carbocycles. The Morgan fingerprint density at radius 1 is 1.28 bits per heavy atom. The molecule has 1 fully saturated rings. The SMILES string of the molecule is CCC1N(OCc2ccccc2)C(=O)C1(C)CC. The van der Waals surface area contributed by atoms with E-state index in [0.717, 1.165) is 18.4 Å². The second-order valence-electron chi connectivity index (χ2n) is 5.09. The third-order valence-corrected chi connectivity index (χ3v) is 4.04. The van der Waals surface area contributed by atoms with Crippen molar-refractivity contribution in [2.45, 2.75) is 46.3 Å².